The lowest BCUT2D eigenvalue weighted by Gasteiger charge is -2.21. The third-order valence-electron chi connectivity index (χ3n) is 3.51. The van der Waals surface area contributed by atoms with Crippen molar-refractivity contribution >= 4 is 23.0 Å². The molecule has 124 valence electrons. The minimum absolute atomic E-state index is 0.280. The quantitative estimate of drug-likeness (QED) is 0.819. The Morgan fingerprint density at radius 1 is 1.21 bits per heavy atom. The number of hydrogen-bond donors (Lipinski definition) is 1. The summed E-state index contributed by atoms with van der Waals surface area (Å²) in [6.07, 6.45) is 0. The lowest BCUT2D eigenvalue weighted by atomic mass is 10.2. The second kappa shape index (κ2) is 8.50. The SMILES string of the molecule is CCN(CC)[S@@+]([O-])c1cccc(C(=O)Nc2ccc(C#N)cc2)c1. The molecule has 1 N–H and O–H groups in total. The summed E-state index contributed by atoms with van der Waals surface area (Å²) in [4.78, 5) is 13.0. The van der Waals surface area contributed by atoms with Gasteiger partial charge in [-0.25, -0.2) is 0 Å². The Hall–Kier alpha value is -2.33. The van der Waals surface area contributed by atoms with E-state index in [-0.39, 0.29) is 5.91 Å². The summed E-state index contributed by atoms with van der Waals surface area (Å²) in [5.74, 6) is -0.280. The molecular weight excluding hydrogens is 322 g/mol. The maximum Gasteiger partial charge on any atom is 0.255 e. The molecule has 0 saturated heterocycles. The number of nitriles is 1. The fourth-order valence-corrected chi connectivity index (χ4v) is 3.37. The van der Waals surface area contributed by atoms with E-state index in [1.54, 1.807) is 48.5 Å². The predicted octanol–water partition coefficient (Wildman–Crippen LogP) is 3.17. The molecule has 2 rings (SSSR count). The highest BCUT2D eigenvalue weighted by Gasteiger charge is 2.20. The topological polar surface area (TPSA) is 79.2 Å². The number of benzene rings is 2. The van der Waals surface area contributed by atoms with E-state index in [2.05, 4.69) is 5.32 Å². The zero-order valence-corrected chi connectivity index (χ0v) is 14.5. The van der Waals surface area contributed by atoms with Gasteiger partial charge in [-0.1, -0.05) is 6.07 Å². The maximum absolute atomic E-state index is 12.5. The van der Waals surface area contributed by atoms with Crippen molar-refractivity contribution in [2.24, 2.45) is 0 Å². The maximum atomic E-state index is 12.5. The van der Waals surface area contributed by atoms with Crippen molar-refractivity contribution in [3.05, 3.63) is 59.7 Å². The van der Waals surface area contributed by atoms with Crippen LogP contribution in [-0.2, 0) is 11.4 Å². The third kappa shape index (κ3) is 4.36. The van der Waals surface area contributed by atoms with E-state index in [1.165, 1.54) is 0 Å². The molecule has 0 heterocycles. The average molecular weight is 341 g/mol. The van der Waals surface area contributed by atoms with Crippen LogP contribution in [0.15, 0.2) is 53.4 Å². The lowest BCUT2D eigenvalue weighted by molar-refractivity contribution is 0.102. The Labute approximate surface area is 145 Å². The summed E-state index contributed by atoms with van der Waals surface area (Å²) in [7, 11) is 0. The summed E-state index contributed by atoms with van der Waals surface area (Å²) in [5.41, 5.74) is 1.58. The molecule has 2 aromatic rings. The molecule has 24 heavy (non-hydrogen) atoms. The van der Waals surface area contributed by atoms with E-state index in [0.29, 0.717) is 34.8 Å². The first-order valence-corrected chi connectivity index (χ1v) is 8.78. The summed E-state index contributed by atoms with van der Waals surface area (Å²) in [6.45, 7) is 5.24. The van der Waals surface area contributed by atoms with Gasteiger partial charge in [0.2, 0.25) is 0 Å². The summed E-state index contributed by atoms with van der Waals surface area (Å²) in [5, 5.41) is 11.6. The van der Waals surface area contributed by atoms with E-state index in [0.717, 1.165) is 0 Å². The Morgan fingerprint density at radius 3 is 2.46 bits per heavy atom. The monoisotopic (exact) mass is 341 g/mol. The number of carbonyl (C=O) groups excluding carboxylic acids is 1. The van der Waals surface area contributed by atoms with Gasteiger partial charge in [0.05, 0.1) is 23.0 Å². The first-order valence-electron chi connectivity index (χ1n) is 7.67. The fraction of sp³-hybridized carbons (Fsp3) is 0.222. The minimum Gasteiger partial charge on any atom is -0.593 e. The largest absolute Gasteiger partial charge is 0.593 e. The molecule has 1 atom stereocenters. The molecular formula is C18H19N3O2S. The van der Waals surface area contributed by atoms with Crippen LogP contribution in [0.25, 0.3) is 0 Å². The molecule has 0 fully saturated rings. The molecule has 0 aliphatic carbocycles. The van der Waals surface area contributed by atoms with E-state index in [1.807, 2.05) is 24.2 Å². The highest BCUT2D eigenvalue weighted by molar-refractivity contribution is 7.89. The van der Waals surface area contributed by atoms with Crippen LogP contribution in [0.5, 0.6) is 0 Å². The molecule has 0 aliphatic rings. The van der Waals surface area contributed by atoms with Gasteiger partial charge in [-0.15, -0.1) is 4.31 Å². The van der Waals surface area contributed by atoms with Gasteiger partial charge in [-0.2, -0.15) is 5.26 Å². The van der Waals surface area contributed by atoms with Crippen molar-refractivity contribution in [2.75, 3.05) is 18.4 Å². The smallest absolute Gasteiger partial charge is 0.255 e. The molecule has 0 aromatic heterocycles. The third-order valence-corrected chi connectivity index (χ3v) is 5.15. The molecule has 0 saturated carbocycles. The van der Waals surface area contributed by atoms with Gasteiger partial charge < -0.3 is 9.87 Å². The highest BCUT2D eigenvalue weighted by atomic mass is 32.2. The van der Waals surface area contributed by atoms with Gasteiger partial charge in [0.25, 0.3) is 5.91 Å². The molecule has 0 spiro atoms. The van der Waals surface area contributed by atoms with Crippen molar-refractivity contribution in [1.82, 2.24) is 4.31 Å². The van der Waals surface area contributed by atoms with Crippen LogP contribution < -0.4 is 5.32 Å². The first-order chi connectivity index (χ1) is 11.6. The molecule has 6 heteroatoms. The zero-order valence-electron chi connectivity index (χ0n) is 13.7. The number of rotatable bonds is 6. The summed E-state index contributed by atoms with van der Waals surface area (Å²) in [6, 6.07) is 15.5. The number of nitrogens with one attached hydrogen (secondary N) is 1. The standard InChI is InChI=1S/C18H19N3O2S/c1-3-21(4-2)24(23)17-7-5-6-15(12-17)18(22)20-16-10-8-14(13-19)9-11-16/h5-12H,3-4H2,1-2H3,(H,20,22)/t24-/m0/s1. The molecule has 0 bridgehead atoms. The van der Waals surface area contributed by atoms with Crippen LogP contribution in [0.1, 0.15) is 29.8 Å². The van der Waals surface area contributed by atoms with Crippen LogP contribution in [0.4, 0.5) is 5.69 Å². The Balaban J connectivity index is 2.15. The van der Waals surface area contributed by atoms with E-state index >= 15 is 0 Å². The van der Waals surface area contributed by atoms with Crippen molar-refractivity contribution in [3.8, 4) is 6.07 Å². The van der Waals surface area contributed by atoms with E-state index in [4.69, 9.17) is 5.26 Å². The number of nitrogens with zero attached hydrogens (tertiary/aromatic N) is 2. The first kappa shape index (κ1) is 18.0. The Morgan fingerprint density at radius 2 is 1.88 bits per heavy atom. The van der Waals surface area contributed by atoms with Crippen molar-refractivity contribution < 1.29 is 9.35 Å². The predicted molar refractivity (Wildman–Crippen MR) is 94.9 cm³/mol. The van der Waals surface area contributed by atoms with Crippen molar-refractivity contribution in [3.63, 3.8) is 0 Å². The number of amides is 1. The van der Waals surface area contributed by atoms with Gasteiger partial charge >= 0.3 is 0 Å². The van der Waals surface area contributed by atoms with Crippen molar-refractivity contribution in [1.29, 1.82) is 5.26 Å². The molecule has 2 aromatic carbocycles. The number of hydrogen-bond acceptors (Lipinski definition) is 4. The van der Waals surface area contributed by atoms with Crippen molar-refractivity contribution in [2.45, 2.75) is 18.7 Å². The normalized spacial score (nSPS) is 11.8. The van der Waals surface area contributed by atoms with Gasteiger partial charge in [-0.3, -0.25) is 4.79 Å². The van der Waals surface area contributed by atoms with Gasteiger partial charge in [-0.05, 0) is 50.2 Å². The minimum atomic E-state index is -1.28. The van der Waals surface area contributed by atoms with Crippen LogP contribution in [0, 0.1) is 11.3 Å². The summed E-state index contributed by atoms with van der Waals surface area (Å²) < 4.78 is 14.3. The average Bonchev–Trinajstić information content (AvgIpc) is 2.63. The van der Waals surface area contributed by atoms with E-state index in [9.17, 15) is 9.35 Å². The van der Waals surface area contributed by atoms with Crippen LogP contribution in [0.3, 0.4) is 0 Å². The van der Waals surface area contributed by atoms with Gasteiger partial charge in [0.15, 0.2) is 4.90 Å². The van der Waals surface area contributed by atoms with Crippen LogP contribution >= 0.6 is 0 Å². The second-order valence-corrected chi connectivity index (χ2v) is 6.52. The fourth-order valence-electron chi connectivity index (χ4n) is 2.18. The number of anilines is 1. The second-order valence-electron chi connectivity index (χ2n) is 5.03. The van der Waals surface area contributed by atoms with Gasteiger partial charge in [0.1, 0.15) is 0 Å². The summed E-state index contributed by atoms with van der Waals surface area (Å²) >= 11 is -1.28. The van der Waals surface area contributed by atoms with Crippen LogP contribution in [-0.4, -0.2) is 27.9 Å². The highest BCUT2D eigenvalue weighted by Crippen LogP contribution is 2.18. The van der Waals surface area contributed by atoms with Gasteiger partial charge in [0, 0.05) is 30.4 Å². The molecule has 5 nitrogen and oxygen atoms in total. The molecule has 0 unspecified atom stereocenters. The Kier molecular flexibility index (Phi) is 6.38. The molecule has 0 aliphatic heterocycles. The number of carbonyl (C=O) groups is 1. The molecule has 1 amide bonds. The zero-order chi connectivity index (χ0) is 17.5. The van der Waals surface area contributed by atoms with Crippen LogP contribution in [0.2, 0.25) is 0 Å². The van der Waals surface area contributed by atoms with E-state index < -0.39 is 11.4 Å². The molecule has 0 radical (unpaired) electrons. The Bertz CT molecular complexity index is 737. The lowest BCUT2D eigenvalue weighted by Crippen LogP contribution is -2.30.